The average molecular weight is 161 g/mol. The van der Waals surface area contributed by atoms with Crippen LogP contribution in [0.4, 0.5) is 0 Å². The largest absolute Gasteiger partial charge is 0.369 e. The third-order valence-corrected chi connectivity index (χ3v) is 2.38. The molecule has 0 bridgehead atoms. The van der Waals surface area contributed by atoms with Crippen LogP contribution in [-0.2, 0) is 0 Å². The van der Waals surface area contributed by atoms with E-state index in [9.17, 15) is 0 Å². The molecule has 0 saturated carbocycles. The van der Waals surface area contributed by atoms with E-state index in [4.69, 9.17) is 17.3 Å². The first-order valence-corrected chi connectivity index (χ1v) is 3.79. The van der Waals surface area contributed by atoms with Crippen molar-refractivity contribution in [2.75, 3.05) is 0 Å². The highest BCUT2D eigenvalue weighted by Gasteiger charge is 2.20. The molecule has 1 rings (SSSR count). The van der Waals surface area contributed by atoms with E-state index in [2.05, 4.69) is 5.32 Å². The molecule has 1 aliphatic rings. The summed E-state index contributed by atoms with van der Waals surface area (Å²) in [5.41, 5.74) is 0. The second kappa shape index (κ2) is 2.68. The van der Waals surface area contributed by atoms with Gasteiger partial charge in [0.25, 0.3) is 0 Å². The topological polar surface area (TPSA) is 32.3 Å². The Morgan fingerprint density at radius 2 is 2.56 bits per heavy atom. The molecule has 1 unspecified atom stereocenters. The van der Waals surface area contributed by atoms with E-state index in [-0.39, 0.29) is 0 Å². The molecule has 4 heteroatoms. The number of thioether (sulfide) groups is 1. The van der Waals surface area contributed by atoms with Gasteiger partial charge in [-0.3, -0.25) is 0 Å². The van der Waals surface area contributed by atoms with E-state index >= 15 is 0 Å². The van der Waals surface area contributed by atoms with Crippen LogP contribution in [0.15, 0.2) is 11.0 Å². The van der Waals surface area contributed by atoms with Gasteiger partial charge in [0, 0.05) is 4.91 Å². The van der Waals surface area contributed by atoms with Crippen molar-refractivity contribution in [2.24, 2.45) is 0 Å². The minimum absolute atomic E-state index is 0.563. The van der Waals surface area contributed by atoms with E-state index < -0.39 is 6.23 Å². The Hall–Kier alpha value is -0.0600. The number of allylic oxidation sites excluding steroid dienone is 1. The van der Waals surface area contributed by atoms with Crippen molar-refractivity contribution in [3.63, 3.8) is 0 Å². The van der Waals surface area contributed by atoms with Crippen LogP contribution in [-0.4, -0.2) is 15.7 Å². The van der Waals surface area contributed by atoms with Crippen molar-refractivity contribution < 1.29 is 5.11 Å². The summed E-state index contributed by atoms with van der Waals surface area (Å²) in [6.07, 6.45) is 1.29. The van der Waals surface area contributed by atoms with Crippen LogP contribution in [0.3, 0.4) is 0 Å². The van der Waals surface area contributed by atoms with Crippen molar-refractivity contribution in [3.8, 4) is 0 Å². The van der Waals surface area contributed by atoms with Crippen LogP contribution < -0.4 is 5.32 Å². The van der Waals surface area contributed by atoms with E-state index in [1.54, 1.807) is 0 Å². The van der Waals surface area contributed by atoms with Gasteiger partial charge >= 0.3 is 0 Å². The molecule has 1 aliphatic heterocycles. The third kappa shape index (κ3) is 1.44. The summed E-state index contributed by atoms with van der Waals surface area (Å²) in [6, 6.07) is 0. The second-order valence-corrected chi connectivity index (χ2v) is 3.38. The molecule has 0 aromatic carbocycles. The van der Waals surface area contributed by atoms with Crippen molar-refractivity contribution in [2.45, 2.75) is 13.2 Å². The molecule has 2 N–H and O–H groups in total. The fourth-order valence-corrected chi connectivity index (χ4v) is 1.67. The van der Waals surface area contributed by atoms with Gasteiger partial charge in [0.05, 0.1) is 0 Å². The summed E-state index contributed by atoms with van der Waals surface area (Å²) >= 11 is 6.20. The van der Waals surface area contributed by atoms with Gasteiger partial charge in [-0.15, -0.1) is 0 Å². The van der Waals surface area contributed by atoms with Gasteiger partial charge < -0.3 is 10.4 Å². The van der Waals surface area contributed by atoms with Gasteiger partial charge in [0.2, 0.25) is 0 Å². The smallest absolute Gasteiger partial charge is 0.157 e. The SMILES string of the molecule is C/C=C1\SC(=S)NC1O. The molecule has 0 aromatic heterocycles. The Morgan fingerprint density at radius 3 is 2.78 bits per heavy atom. The molecule has 0 amide bonds. The number of aliphatic hydroxyl groups excluding tert-OH is 1. The van der Waals surface area contributed by atoms with Crippen LogP contribution >= 0.6 is 24.0 Å². The first-order valence-electron chi connectivity index (χ1n) is 2.56. The highest BCUT2D eigenvalue weighted by Crippen LogP contribution is 2.25. The molecular formula is C5H7NOS2. The van der Waals surface area contributed by atoms with Gasteiger partial charge in [-0.2, -0.15) is 0 Å². The number of hydrogen-bond donors (Lipinski definition) is 2. The average Bonchev–Trinajstić information content (AvgIpc) is 2.10. The van der Waals surface area contributed by atoms with E-state index in [0.717, 1.165) is 4.91 Å². The van der Waals surface area contributed by atoms with Crippen LogP contribution in [0.2, 0.25) is 0 Å². The minimum atomic E-state index is -0.563. The lowest BCUT2D eigenvalue weighted by molar-refractivity contribution is 0.210. The zero-order valence-electron chi connectivity index (χ0n) is 4.92. The van der Waals surface area contributed by atoms with Gasteiger partial charge in [-0.1, -0.05) is 30.1 Å². The minimum Gasteiger partial charge on any atom is -0.369 e. The van der Waals surface area contributed by atoms with E-state index in [1.165, 1.54) is 11.8 Å². The molecule has 1 saturated heterocycles. The zero-order chi connectivity index (χ0) is 6.85. The molecule has 50 valence electrons. The lowest BCUT2D eigenvalue weighted by Gasteiger charge is -1.99. The molecule has 0 aliphatic carbocycles. The van der Waals surface area contributed by atoms with Crippen molar-refractivity contribution in [1.29, 1.82) is 0 Å². The fraction of sp³-hybridized carbons (Fsp3) is 0.400. The maximum Gasteiger partial charge on any atom is 0.157 e. The molecule has 1 atom stereocenters. The third-order valence-electron chi connectivity index (χ3n) is 1.02. The molecular weight excluding hydrogens is 154 g/mol. The normalized spacial score (nSPS) is 31.1. The maximum atomic E-state index is 9.07. The zero-order valence-corrected chi connectivity index (χ0v) is 6.55. The summed E-state index contributed by atoms with van der Waals surface area (Å²) in [6.45, 7) is 1.88. The summed E-state index contributed by atoms with van der Waals surface area (Å²) in [4.78, 5) is 0.889. The van der Waals surface area contributed by atoms with Crippen LogP contribution in [0.1, 0.15) is 6.92 Å². The lowest BCUT2D eigenvalue weighted by Crippen LogP contribution is -2.23. The van der Waals surface area contributed by atoms with Gasteiger partial charge in [0.15, 0.2) is 6.23 Å². The van der Waals surface area contributed by atoms with E-state index in [0.29, 0.717) is 4.32 Å². The summed E-state index contributed by atoms with van der Waals surface area (Å²) in [7, 11) is 0. The Bertz CT molecular complexity index is 166. The van der Waals surface area contributed by atoms with Crippen molar-refractivity contribution >= 4 is 28.3 Å². The first-order chi connectivity index (χ1) is 4.24. The monoisotopic (exact) mass is 161 g/mol. The molecule has 0 radical (unpaired) electrons. The Morgan fingerprint density at radius 1 is 1.89 bits per heavy atom. The van der Waals surface area contributed by atoms with Gasteiger partial charge in [-0.25, -0.2) is 0 Å². The van der Waals surface area contributed by atoms with Crippen molar-refractivity contribution in [3.05, 3.63) is 11.0 Å². The van der Waals surface area contributed by atoms with E-state index in [1.807, 2.05) is 13.0 Å². The lowest BCUT2D eigenvalue weighted by atomic mass is 10.5. The predicted molar refractivity (Wildman–Crippen MR) is 43.1 cm³/mol. The second-order valence-electron chi connectivity index (χ2n) is 1.63. The first kappa shape index (κ1) is 7.05. The highest BCUT2D eigenvalue weighted by atomic mass is 32.2. The Kier molecular flexibility index (Phi) is 2.10. The van der Waals surface area contributed by atoms with Crippen LogP contribution in [0.25, 0.3) is 0 Å². The Balaban J connectivity index is 2.69. The summed E-state index contributed by atoms with van der Waals surface area (Å²) in [5, 5.41) is 11.8. The number of hydrogen-bond acceptors (Lipinski definition) is 3. The maximum absolute atomic E-state index is 9.07. The van der Waals surface area contributed by atoms with Crippen LogP contribution in [0, 0.1) is 0 Å². The predicted octanol–water partition coefficient (Wildman–Crippen LogP) is 0.830. The summed E-state index contributed by atoms with van der Waals surface area (Å²) in [5.74, 6) is 0. The van der Waals surface area contributed by atoms with Gasteiger partial charge in [-0.05, 0) is 6.92 Å². The molecule has 2 nitrogen and oxygen atoms in total. The summed E-state index contributed by atoms with van der Waals surface area (Å²) < 4.78 is 0.649. The number of nitrogens with one attached hydrogen (secondary N) is 1. The molecule has 9 heavy (non-hydrogen) atoms. The highest BCUT2D eigenvalue weighted by molar-refractivity contribution is 8.25. The van der Waals surface area contributed by atoms with Gasteiger partial charge in [0.1, 0.15) is 4.32 Å². The quantitative estimate of drug-likeness (QED) is 0.515. The number of rotatable bonds is 0. The standard InChI is InChI=1S/C5H7NOS2/c1-2-3-4(7)6-5(8)9-3/h2,4,7H,1H3,(H,6,8)/b3-2-. The van der Waals surface area contributed by atoms with Crippen molar-refractivity contribution in [1.82, 2.24) is 5.32 Å². The van der Waals surface area contributed by atoms with Crippen LogP contribution in [0.5, 0.6) is 0 Å². The number of aliphatic hydroxyl groups is 1. The molecule has 1 fully saturated rings. The molecule has 0 aromatic rings. The Labute approximate surface area is 63.3 Å². The molecule has 0 spiro atoms. The fourth-order valence-electron chi connectivity index (χ4n) is 0.592. The molecule has 1 heterocycles. The number of thiocarbonyl (C=S) groups is 1.